The van der Waals surface area contributed by atoms with E-state index < -0.39 is 11.9 Å². The van der Waals surface area contributed by atoms with E-state index in [0.29, 0.717) is 31.2 Å². The van der Waals surface area contributed by atoms with Crippen molar-refractivity contribution in [1.29, 1.82) is 0 Å². The van der Waals surface area contributed by atoms with E-state index in [4.69, 9.17) is 4.42 Å². The number of carbonyl (C=O) groups excluding carboxylic acids is 4. The molecule has 0 aliphatic carbocycles. The number of carbonyl (C=O) groups is 4. The highest BCUT2D eigenvalue weighted by atomic mass is 16.4. The number of hydrogen-bond acceptors (Lipinski definition) is 6. The van der Waals surface area contributed by atoms with Crippen LogP contribution >= 0.6 is 0 Å². The van der Waals surface area contributed by atoms with E-state index in [0.717, 1.165) is 17.7 Å². The van der Waals surface area contributed by atoms with E-state index in [9.17, 15) is 19.2 Å². The summed E-state index contributed by atoms with van der Waals surface area (Å²) in [4.78, 5) is 54.5. The van der Waals surface area contributed by atoms with Crippen molar-refractivity contribution in [1.82, 2.24) is 25.4 Å². The van der Waals surface area contributed by atoms with Crippen molar-refractivity contribution in [3.63, 3.8) is 0 Å². The predicted octanol–water partition coefficient (Wildman–Crippen LogP) is -0.188. The molecule has 10 nitrogen and oxygen atoms in total. The van der Waals surface area contributed by atoms with E-state index in [1.54, 1.807) is 18.7 Å². The molecule has 2 aliphatic heterocycles. The molecule has 146 valence electrons. The molecule has 10 heteroatoms. The van der Waals surface area contributed by atoms with Crippen LogP contribution in [0.2, 0.25) is 0 Å². The van der Waals surface area contributed by atoms with Crippen molar-refractivity contribution < 1.29 is 23.6 Å². The van der Waals surface area contributed by atoms with Crippen LogP contribution in [0.3, 0.4) is 0 Å². The maximum atomic E-state index is 12.4. The summed E-state index contributed by atoms with van der Waals surface area (Å²) in [5.41, 5.74) is 0.541. The molecule has 2 saturated heterocycles. The highest BCUT2D eigenvalue weighted by molar-refractivity contribution is 6.04. The van der Waals surface area contributed by atoms with Gasteiger partial charge in [-0.2, -0.15) is 0 Å². The third-order valence-electron chi connectivity index (χ3n) is 4.76. The molecule has 3 heterocycles. The number of aryl methyl sites for hydroxylation is 2. The Hall–Kier alpha value is -2.91. The van der Waals surface area contributed by atoms with Gasteiger partial charge in [-0.1, -0.05) is 0 Å². The molecule has 2 N–H and O–H groups in total. The summed E-state index contributed by atoms with van der Waals surface area (Å²) in [6.07, 6.45) is 1.68. The van der Waals surface area contributed by atoms with Crippen molar-refractivity contribution in [3.8, 4) is 0 Å². The Morgan fingerprint density at radius 2 is 2.11 bits per heavy atom. The van der Waals surface area contributed by atoms with E-state index in [1.165, 1.54) is 0 Å². The minimum Gasteiger partial charge on any atom is -0.436 e. The zero-order chi connectivity index (χ0) is 19.6. The van der Waals surface area contributed by atoms with Gasteiger partial charge in [-0.05, 0) is 25.7 Å². The van der Waals surface area contributed by atoms with Crippen LogP contribution in [-0.4, -0.2) is 71.3 Å². The molecule has 1 atom stereocenters. The molecule has 0 spiro atoms. The molecule has 27 heavy (non-hydrogen) atoms. The van der Waals surface area contributed by atoms with Gasteiger partial charge in [-0.15, -0.1) is 0 Å². The van der Waals surface area contributed by atoms with Gasteiger partial charge in [0.2, 0.25) is 11.7 Å². The van der Waals surface area contributed by atoms with Crippen LogP contribution in [0.5, 0.6) is 0 Å². The highest BCUT2D eigenvalue weighted by Crippen LogP contribution is 2.17. The minimum atomic E-state index is -0.535. The molecular weight excluding hydrogens is 354 g/mol. The van der Waals surface area contributed by atoms with E-state index in [2.05, 4.69) is 15.6 Å². The van der Waals surface area contributed by atoms with Crippen LogP contribution in [0.15, 0.2) is 4.42 Å². The number of nitrogens with zero attached hydrogens (tertiary/aromatic N) is 3. The Morgan fingerprint density at radius 3 is 2.74 bits per heavy atom. The lowest BCUT2D eigenvalue weighted by atomic mass is 9.98. The number of oxazole rings is 1. The summed E-state index contributed by atoms with van der Waals surface area (Å²) in [6, 6.07) is -0.535. The molecule has 0 radical (unpaired) electrons. The van der Waals surface area contributed by atoms with Crippen LogP contribution < -0.4 is 10.6 Å². The molecule has 1 aromatic heterocycles. The van der Waals surface area contributed by atoms with E-state index in [-0.39, 0.29) is 36.6 Å². The van der Waals surface area contributed by atoms with Gasteiger partial charge in [0.25, 0.3) is 11.8 Å². The number of rotatable bonds is 5. The number of amides is 5. The average Bonchev–Trinajstić information content (AvgIpc) is 3.15. The lowest BCUT2D eigenvalue weighted by molar-refractivity contribution is -0.137. The number of imide groups is 1. The van der Waals surface area contributed by atoms with Gasteiger partial charge in [0, 0.05) is 26.6 Å². The zero-order valence-electron chi connectivity index (χ0n) is 15.4. The summed E-state index contributed by atoms with van der Waals surface area (Å²) in [5.74, 6) is -0.248. The molecule has 0 aromatic carbocycles. The Kier molecular flexibility index (Phi) is 5.43. The lowest BCUT2D eigenvalue weighted by Gasteiger charge is -2.33. The number of nitrogens with one attached hydrogen (secondary N) is 2. The normalized spacial score (nSPS) is 20.0. The number of hydrogen-bond donors (Lipinski definition) is 2. The van der Waals surface area contributed by atoms with Crippen LogP contribution in [0, 0.1) is 19.8 Å². The number of piperidine rings is 1. The molecule has 2 fully saturated rings. The second kappa shape index (κ2) is 7.77. The highest BCUT2D eigenvalue weighted by Gasteiger charge is 2.33. The molecule has 0 saturated carbocycles. The fourth-order valence-corrected chi connectivity index (χ4v) is 3.37. The van der Waals surface area contributed by atoms with Gasteiger partial charge in [0.15, 0.2) is 5.89 Å². The Labute approximate surface area is 156 Å². The summed E-state index contributed by atoms with van der Waals surface area (Å²) in [7, 11) is 0. The molecule has 5 amide bonds. The first-order valence-corrected chi connectivity index (χ1v) is 8.93. The Bertz CT molecular complexity index is 758. The van der Waals surface area contributed by atoms with Crippen molar-refractivity contribution in [2.75, 3.05) is 32.7 Å². The van der Waals surface area contributed by atoms with Gasteiger partial charge >= 0.3 is 6.03 Å². The van der Waals surface area contributed by atoms with Crippen LogP contribution in [-0.2, 0) is 9.59 Å². The quantitative estimate of drug-likeness (QED) is 0.686. The fraction of sp³-hybridized carbons (Fsp3) is 0.588. The largest absolute Gasteiger partial charge is 0.436 e. The summed E-state index contributed by atoms with van der Waals surface area (Å²) >= 11 is 0. The third kappa shape index (κ3) is 4.26. The second-order valence-corrected chi connectivity index (χ2v) is 6.84. The molecule has 0 bridgehead atoms. The molecule has 1 unspecified atom stereocenters. The minimum absolute atomic E-state index is 0.0682. The lowest BCUT2D eigenvalue weighted by Crippen LogP contribution is -2.48. The molecule has 3 rings (SSSR count). The molecule has 1 aromatic rings. The SMILES string of the molecule is Cc1nc(C)c(C(=O)NCC2CCCN(C(=O)CN3C(=O)CNC3=O)C2)o1. The first kappa shape index (κ1) is 18.9. The summed E-state index contributed by atoms with van der Waals surface area (Å²) in [6.45, 7) is 4.53. The van der Waals surface area contributed by atoms with Crippen LogP contribution in [0.1, 0.15) is 35.0 Å². The van der Waals surface area contributed by atoms with E-state index in [1.807, 2.05) is 0 Å². The summed E-state index contributed by atoms with van der Waals surface area (Å²) < 4.78 is 5.31. The maximum absolute atomic E-state index is 12.4. The third-order valence-corrected chi connectivity index (χ3v) is 4.76. The Morgan fingerprint density at radius 1 is 1.33 bits per heavy atom. The van der Waals surface area contributed by atoms with Crippen molar-refractivity contribution in [2.45, 2.75) is 26.7 Å². The smallest absolute Gasteiger partial charge is 0.325 e. The van der Waals surface area contributed by atoms with E-state index >= 15 is 0 Å². The predicted molar refractivity (Wildman–Crippen MR) is 92.7 cm³/mol. The second-order valence-electron chi connectivity index (χ2n) is 6.84. The van der Waals surface area contributed by atoms with Gasteiger partial charge < -0.3 is 20.0 Å². The number of likely N-dealkylation sites (tertiary alicyclic amines) is 1. The first-order valence-electron chi connectivity index (χ1n) is 8.93. The zero-order valence-corrected chi connectivity index (χ0v) is 15.4. The summed E-state index contributed by atoms with van der Waals surface area (Å²) in [5, 5.41) is 5.23. The van der Waals surface area contributed by atoms with Crippen LogP contribution in [0.25, 0.3) is 0 Å². The van der Waals surface area contributed by atoms with Gasteiger partial charge in [0.1, 0.15) is 6.54 Å². The molecule has 2 aliphatic rings. The van der Waals surface area contributed by atoms with Gasteiger partial charge in [-0.25, -0.2) is 9.78 Å². The Balaban J connectivity index is 1.51. The van der Waals surface area contributed by atoms with Gasteiger partial charge in [0.05, 0.1) is 12.2 Å². The van der Waals surface area contributed by atoms with Crippen molar-refractivity contribution in [2.24, 2.45) is 5.92 Å². The van der Waals surface area contributed by atoms with Crippen LogP contribution in [0.4, 0.5) is 4.79 Å². The first-order chi connectivity index (χ1) is 12.8. The fourth-order valence-electron chi connectivity index (χ4n) is 3.37. The maximum Gasteiger partial charge on any atom is 0.325 e. The standard InChI is InChI=1S/C17H23N5O5/c1-10-15(27-11(2)20-10)16(25)18-6-12-4-3-5-21(8-12)14(24)9-22-13(23)7-19-17(22)26/h12H,3-9H2,1-2H3,(H,18,25)(H,19,26). The number of aromatic nitrogens is 1. The van der Waals surface area contributed by atoms with Crippen molar-refractivity contribution in [3.05, 3.63) is 17.3 Å². The van der Waals surface area contributed by atoms with Crippen molar-refractivity contribution >= 4 is 23.8 Å². The molecular formula is C17H23N5O5. The monoisotopic (exact) mass is 377 g/mol. The van der Waals surface area contributed by atoms with Gasteiger partial charge in [-0.3, -0.25) is 19.3 Å². The topological polar surface area (TPSA) is 125 Å². The number of urea groups is 1. The average molecular weight is 377 g/mol.